The molecule has 100 valence electrons. The third-order valence-corrected chi connectivity index (χ3v) is 3.11. The predicted molar refractivity (Wildman–Crippen MR) is 71.0 cm³/mol. The topological polar surface area (TPSA) is 0 Å². The highest BCUT2D eigenvalue weighted by Gasteiger charge is 2.30. The van der Waals surface area contributed by atoms with E-state index in [9.17, 15) is 13.2 Å². The van der Waals surface area contributed by atoms with E-state index in [-0.39, 0.29) is 0 Å². The average molecular weight is 264 g/mol. The number of rotatable bonds is 2. The minimum absolute atomic E-state index is 0.332. The van der Waals surface area contributed by atoms with Crippen LogP contribution in [0.15, 0.2) is 48.5 Å². The Balaban J connectivity index is 2.43. The smallest absolute Gasteiger partial charge is 0.166 e. The average Bonchev–Trinajstić information content (AvgIpc) is 2.38. The van der Waals surface area contributed by atoms with E-state index in [1.807, 2.05) is 24.3 Å². The van der Waals surface area contributed by atoms with Gasteiger partial charge in [-0.15, -0.1) is 0 Å². The summed E-state index contributed by atoms with van der Waals surface area (Å²) < 4.78 is 37.6. The molecule has 0 aromatic heterocycles. The van der Waals surface area contributed by atoms with Crippen LogP contribution >= 0.6 is 0 Å². The van der Waals surface area contributed by atoms with Crippen molar-refractivity contribution in [2.45, 2.75) is 25.9 Å². The lowest BCUT2D eigenvalue weighted by Gasteiger charge is -2.13. The Bertz CT molecular complexity index is 551. The van der Waals surface area contributed by atoms with E-state index < -0.39 is 11.7 Å². The monoisotopic (exact) mass is 264 g/mol. The quantitative estimate of drug-likeness (QED) is 0.672. The van der Waals surface area contributed by atoms with Crippen molar-refractivity contribution in [3.05, 3.63) is 59.7 Å². The number of benzene rings is 2. The van der Waals surface area contributed by atoms with Crippen molar-refractivity contribution in [3.63, 3.8) is 0 Å². The van der Waals surface area contributed by atoms with Crippen LogP contribution in [0.4, 0.5) is 13.2 Å². The van der Waals surface area contributed by atoms with Crippen LogP contribution in [-0.2, 0) is 6.18 Å². The van der Waals surface area contributed by atoms with Crippen molar-refractivity contribution < 1.29 is 13.2 Å². The van der Waals surface area contributed by atoms with Gasteiger partial charge in [0.05, 0.1) is 5.56 Å². The zero-order valence-corrected chi connectivity index (χ0v) is 10.8. The molecule has 0 fully saturated rings. The van der Waals surface area contributed by atoms with Gasteiger partial charge in [-0.2, -0.15) is 13.2 Å². The highest BCUT2D eigenvalue weighted by Crippen LogP contribution is 2.33. The Morgan fingerprint density at radius 1 is 0.842 bits per heavy atom. The lowest BCUT2D eigenvalue weighted by molar-refractivity contribution is -0.137. The third-order valence-electron chi connectivity index (χ3n) is 3.11. The second kappa shape index (κ2) is 5.08. The summed E-state index contributed by atoms with van der Waals surface area (Å²) in [7, 11) is 0. The van der Waals surface area contributed by atoms with E-state index in [2.05, 4.69) is 13.8 Å². The molecule has 0 saturated carbocycles. The molecule has 0 unspecified atom stereocenters. The minimum atomic E-state index is -4.28. The van der Waals surface area contributed by atoms with E-state index in [1.54, 1.807) is 0 Å². The van der Waals surface area contributed by atoms with E-state index >= 15 is 0 Å². The van der Waals surface area contributed by atoms with Gasteiger partial charge in [-0.3, -0.25) is 0 Å². The molecule has 19 heavy (non-hydrogen) atoms. The molecule has 0 atom stereocenters. The van der Waals surface area contributed by atoms with E-state index in [0.717, 1.165) is 28.8 Å². The Morgan fingerprint density at radius 2 is 1.42 bits per heavy atom. The summed E-state index contributed by atoms with van der Waals surface area (Å²) in [6.07, 6.45) is -4.28. The molecule has 0 bridgehead atoms. The summed E-state index contributed by atoms with van der Waals surface area (Å²) in [5.74, 6) is 0.332. The molecule has 0 saturated heterocycles. The molecule has 0 aliphatic rings. The van der Waals surface area contributed by atoms with Crippen LogP contribution in [0.3, 0.4) is 0 Å². The standard InChI is InChI=1S/C16H15F3/c1-11(2)14-5-3-4-6-15(14)12-7-9-13(10-8-12)16(17,18)19/h3-11H,1-2H3. The molecule has 0 radical (unpaired) electrons. The van der Waals surface area contributed by atoms with Gasteiger partial charge in [0, 0.05) is 0 Å². The van der Waals surface area contributed by atoms with Crippen molar-refractivity contribution in [1.29, 1.82) is 0 Å². The first-order chi connectivity index (χ1) is 8.89. The number of hydrogen-bond donors (Lipinski definition) is 0. The number of hydrogen-bond acceptors (Lipinski definition) is 0. The highest BCUT2D eigenvalue weighted by molar-refractivity contribution is 5.68. The first-order valence-electron chi connectivity index (χ1n) is 6.16. The molecular weight excluding hydrogens is 249 g/mol. The summed E-state index contributed by atoms with van der Waals surface area (Å²) in [5.41, 5.74) is 2.34. The maximum absolute atomic E-state index is 12.5. The second-order valence-electron chi connectivity index (χ2n) is 4.82. The molecule has 2 aromatic carbocycles. The maximum Gasteiger partial charge on any atom is 0.416 e. The summed E-state index contributed by atoms with van der Waals surface area (Å²) >= 11 is 0. The zero-order valence-electron chi connectivity index (χ0n) is 10.8. The molecule has 0 aliphatic carbocycles. The first kappa shape index (κ1) is 13.7. The number of alkyl halides is 3. The summed E-state index contributed by atoms with van der Waals surface area (Å²) in [5, 5.41) is 0. The van der Waals surface area contributed by atoms with Gasteiger partial charge in [-0.25, -0.2) is 0 Å². The van der Waals surface area contributed by atoms with Crippen molar-refractivity contribution in [1.82, 2.24) is 0 Å². The van der Waals surface area contributed by atoms with Gasteiger partial charge in [-0.1, -0.05) is 50.2 Å². The fourth-order valence-corrected chi connectivity index (χ4v) is 2.10. The Morgan fingerprint density at radius 3 is 1.95 bits per heavy atom. The third kappa shape index (κ3) is 2.98. The fourth-order valence-electron chi connectivity index (χ4n) is 2.10. The molecule has 0 N–H and O–H groups in total. The molecule has 2 rings (SSSR count). The predicted octanol–water partition coefficient (Wildman–Crippen LogP) is 5.50. The van der Waals surface area contributed by atoms with Gasteiger partial charge in [0.25, 0.3) is 0 Å². The largest absolute Gasteiger partial charge is 0.416 e. The second-order valence-corrected chi connectivity index (χ2v) is 4.82. The van der Waals surface area contributed by atoms with Crippen molar-refractivity contribution in [2.24, 2.45) is 0 Å². The van der Waals surface area contributed by atoms with Gasteiger partial charge >= 0.3 is 6.18 Å². The van der Waals surface area contributed by atoms with Crippen LogP contribution in [0, 0.1) is 0 Å². The lowest BCUT2D eigenvalue weighted by atomic mass is 9.92. The van der Waals surface area contributed by atoms with Crippen LogP contribution in [0.1, 0.15) is 30.9 Å². The van der Waals surface area contributed by atoms with Crippen LogP contribution < -0.4 is 0 Å². The van der Waals surface area contributed by atoms with Gasteiger partial charge in [0.15, 0.2) is 0 Å². The zero-order chi connectivity index (χ0) is 14.0. The highest BCUT2D eigenvalue weighted by atomic mass is 19.4. The molecule has 0 amide bonds. The first-order valence-corrected chi connectivity index (χ1v) is 6.16. The molecule has 0 nitrogen and oxygen atoms in total. The fraction of sp³-hybridized carbons (Fsp3) is 0.250. The van der Waals surface area contributed by atoms with Crippen LogP contribution in [0.25, 0.3) is 11.1 Å². The van der Waals surface area contributed by atoms with Crippen LogP contribution in [-0.4, -0.2) is 0 Å². The van der Waals surface area contributed by atoms with Gasteiger partial charge in [0.2, 0.25) is 0 Å². The van der Waals surface area contributed by atoms with Gasteiger partial charge < -0.3 is 0 Å². The van der Waals surface area contributed by atoms with Crippen molar-refractivity contribution >= 4 is 0 Å². The van der Waals surface area contributed by atoms with Crippen molar-refractivity contribution in [2.75, 3.05) is 0 Å². The Hall–Kier alpha value is -1.77. The Labute approximate surface area is 110 Å². The number of halogens is 3. The summed E-state index contributed by atoms with van der Waals surface area (Å²) in [6, 6.07) is 13.1. The maximum atomic E-state index is 12.5. The molecule has 3 heteroatoms. The Kier molecular flexibility index (Phi) is 3.65. The SMILES string of the molecule is CC(C)c1ccccc1-c1ccc(C(F)(F)F)cc1. The lowest BCUT2D eigenvalue weighted by Crippen LogP contribution is -2.04. The normalized spacial score (nSPS) is 11.9. The molecule has 2 aromatic rings. The summed E-state index contributed by atoms with van der Waals surface area (Å²) in [4.78, 5) is 0. The van der Waals surface area contributed by atoms with Gasteiger partial charge in [0.1, 0.15) is 0 Å². The van der Waals surface area contributed by atoms with Crippen molar-refractivity contribution in [3.8, 4) is 11.1 Å². The molecule has 0 spiro atoms. The molecular formula is C16H15F3. The molecule has 0 aliphatic heterocycles. The van der Waals surface area contributed by atoms with E-state index in [4.69, 9.17) is 0 Å². The van der Waals surface area contributed by atoms with Crippen LogP contribution in [0.2, 0.25) is 0 Å². The van der Waals surface area contributed by atoms with Crippen LogP contribution in [0.5, 0.6) is 0 Å². The minimum Gasteiger partial charge on any atom is -0.166 e. The van der Waals surface area contributed by atoms with E-state index in [1.165, 1.54) is 12.1 Å². The molecule has 0 heterocycles. The van der Waals surface area contributed by atoms with E-state index in [0.29, 0.717) is 5.92 Å². The summed E-state index contributed by atoms with van der Waals surface area (Å²) in [6.45, 7) is 4.14. The van der Waals surface area contributed by atoms with Gasteiger partial charge in [-0.05, 0) is 34.7 Å².